The van der Waals surface area contributed by atoms with E-state index in [0.29, 0.717) is 0 Å². The van der Waals surface area contributed by atoms with Gasteiger partial charge < -0.3 is 5.32 Å². The van der Waals surface area contributed by atoms with E-state index in [9.17, 15) is 0 Å². The summed E-state index contributed by atoms with van der Waals surface area (Å²) in [7, 11) is 0. The number of rotatable bonds is 5. The molecule has 0 amide bonds. The Hall–Kier alpha value is -1.74. The number of hydrogen-bond acceptors (Lipinski definition) is 3. The lowest BCUT2D eigenvalue weighted by Crippen LogP contribution is -2.47. The molecule has 1 saturated carbocycles. The summed E-state index contributed by atoms with van der Waals surface area (Å²) >= 11 is 0. The van der Waals surface area contributed by atoms with Gasteiger partial charge in [-0.3, -0.25) is 9.97 Å². The Kier molecular flexibility index (Phi) is 3.79. The summed E-state index contributed by atoms with van der Waals surface area (Å²) in [5, 5.41) is 3.64. The van der Waals surface area contributed by atoms with Gasteiger partial charge >= 0.3 is 0 Å². The Bertz CT molecular complexity index is 535. The first kappa shape index (κ1) is 13.3. The second-order valence-electron chi connectivity index (χ2n) is 5.50. The molecule has 1 heterocycles. The van der Waals surface area contributed by atoms with Crippen molar-refractivity contribution in [2.45, 2.75) is 37.6 Å². The van der Waals surface area contributed by atoms with Crippen LogP contribution < -0.4 is 5.32 Å². The van der Waals surface area contributed by atoms with E-state index in [1.165, 1.54) is 24.8 Å². The second kappa shape index (κ2) is 5.71. The molecule has 1 aliphatic carbocycles. The number of aromatic nitrogens is 2. The summed E-state index contributed by atoms with van der Waals surface area (Å²) in [5.41, 5.74) is 2.65. The van der Waals surface area contributed by atoms with E-state index in [1.54, 1.807) is 12.4 Å². The van der Waals surface area contributed by atoms with Crippen LogP contribution in [0.5, 0.6) is 0 Å². The van der Waals surface area contributed by atoms with Gasteiger partial charge in [0.05, 0.1) is 11.7 Å². The first-order chi connectivity index (χ1) is 9.87. The first-order valence-electron chi connectivity index (χ1n) is 7.41. The molecule has 20 heavy (non-hydrogen) atoms. The van der Waals surface area contributed by atoms with E-state index in [2.05, 4.69) is 52.5 Å². The summed E-state index contributed by atoms with van der Waals surface area (Å²) in [5.74, 6) is 0. The molecule has 1 aromatic heterocycles. The smallest absolute Gasteiger partial charge is 0.0765 e. The molecule has 1 fully saturated rings. The van der Waals surface area contributed by atoms with Gasteiger partial charge in [-0.1, -0.05) is 43.7 Å². The molecule has 104 valence electrons. The van der Waals surface area contributed by atoms with Crippen molar-refractivity contribution in [2.24, 2.45) is 0 Å². The second-order valence-corrected chi connectivity index (χ2v) is 5.50. The minimum atomic E-state index is 0.174. The maximum atomic E-state index is 4.55. The highest BCUT2D eigenvalue weighted by molar-refractivity contribution is 5.33. The lowest BCUT2D eigenvalue weighted by Gasteiger charge is -2.48. The first-order valence-corrected chi connectivity index (χ1v) is 7.41. The van der Waals surface area contributed by atoms with Crippen molar-refractivity contribution in [2.75, 3.05) is 6.54 Å². The molecule has 3 heteroatoms. The van der Waals surface area contributed by atoms with Crippen molar-refractivity contribution in [3.05, 3.63) is 60.2 Å². The molecule has 1 N–H and O–H groups in total. The summed E-state index contributed by atoms with van der Waals surface area (Å²) in [6, 6.07) is 11.1. The van der Waals surface area contributed by atoms with Crippen LogP contribution in [-0.4, -0.2) is 16.5 Å². The van der Waals surface area contributed by atoms with Gasteiger partial charge in [-0.2, -0.15) is 0 Å². The molecule has 0 aliphatic heterocycles. The van der Waals surface area contributed by atoms with Gasteiger partial charge in [-0.15, -0.1) is 0 Å². The van der Waals surface area contributed by atoms with Crippen LogP contribution in [0.4, 0.5) is 0 Å². The summed E-state index contributed by atoms with van der Waals surface area (Å²) < 4.78 is 0. The Morgan fingerprint density at radius 2 is 2.00 bits per heavy atom. The third-order valence-electron chi connectivity index (χ3n) is 4.43. The molecule has 1 aromatic carbocycles. The fraction of sp³-hybridized carbons (Fsp3) is 0.412. The Labute approximate surface area is 120 Å². The van der Waals surface area contributed by atoms with Crippen LogP contribution in [-0.2, 0) is 5.41 Å². The topological polar surface area (TPSA) is 37.8 Å². The number of nitrogens with zero attached hydrogens (tertiary/aromatic N) is 2. The standard InChI is InChI=1S/C17H21N3/c1-2-19-16(15-13-18-11-12-20-15)17(9-6-10-17)14-7-4-3-5-8-14/h3-5,7-8,11-13,16,19H,2,6,9-10H2,1H3. The molecule has 0 saturated heterocycles. The molecule has 0 radical (unpaired) electrons. The summed E-state index contributed by atoms with van der Waals surface area (Å²) in [6.45, 7) is 3.09. The SMILES string of the molecule is CCNC(c1cnccn1)C1(c2ccccc2)CCC1. The van der Waals surface area contributed by atoms with Crippen molar-refractivity contribution in [3.8, 4) is 0 Å². The Morgan fingerprint density at radius 1 is 1.20 bits per heavy atom. The van der Waals surface area contributed by atoms with Gasteiger partial charge in [0.25, 0.3) is 0 Å². The molecule has 2 aromatic rings. The van der Waals surface area contributed by atoms with Crippen LogP contribution >= 0.6 is 0 Å². The molecule has 1 unspecified atom stereocenters. The van der Waals surface area contributed by atoms with Crippen molar-refractivity contribution in [3.63, 3.8) is 0 Å². The van der Waals surface area contributed by atoms with Gasteiger partial charge in [0.1, 0.15) is 0 Å². The lowest BCUT2D eigenvalue weighted by molar-refractivity contribution is 0.168. The molecule has 1 atom stereocenters. The molecular formula is C17H21N3. The predicted octanol–water partition coefficient (Wildman–Crippen LogP) is 3.25. The number of benzene rings is 1. The fourth-order valence-electron chi connectivity index (χ4n) is 3.32. The quantitative estimate of drug-likeness (QED) is 0.903. The Morgan fingerprint density at radius 3 is 2.55 bits per heavy atom. The van der Waals surface area contributed by atoms with Crippen molar-refractivity contribution in [1.29, 1.82) is 0 Å². The van der Waals surface area contributed by atoms with Crippen LogP contribution in [0.3, 0.4) is 0 Å². The third-order valence-corrected chi connectivity index (χ3v) is 4.43. The highest BCUT2D eigenvalue weighted by atomic mass is 15.0. The van der Waals surface area contributed by atoms with E-state index < -0.39 is 0 Å². The monoisotopic (exact) mass is 267 g/mol. The van der Waals surface area contributed by atoms with E-state index in [1.807, 2.05) is 6.20 Å². The zero-order valence-electron chi connectivity index (χ0n) is 11.9. The Balaban J connectivity index is 2.01. The van der Waals surface area contributed by atoms with Gasteiger partial charge in [-0.05, 0) is 24.9 Å². The van der Waals surface area contributed by atoms with Crippen LogP contribution in [0.2, 0.25) is 0 Å². The van der Waals surface area contributed by atoms with E-state index in [4.69, 9.17) is 0 Å². The number of likely N-dealkylation sites (N-methyl/N-ethyl adjacent to an activating group) is 1. The van der Waals surface area contributed by atoms with E-state index in [-0.39, 0.29) is 11.5 Å². The minimum absolute atomic E-state index is 0.174. The zero-order valence-corrected chi connectivity index (χ0v) is 11.9. The van der Waals surface area contributed by atoms with Gasteiger partial charge in [0.2, 0.25) is 0 Å². The third kappa shape index (κ3) is 2.22. The van der Waals surface area contributed by atoms with Crippen molar-refractivity contribution in [1.82, 2.24) is 15.3 Å². The zero-order chi connectivity index (χ0) is 13.8. The number of hydrogen-bond donors (Lipinski definition) is 1. The average molecular weight is 267 g/mol. The van der Waals surface area contributed by atoms with Crippen LogP contribution in [0.15, 0.2) is 48.9 Å². The maximum Gasteiger partial charge on any atom is 0.0765 e. The van der Waals surface area contributed by atoms with Crippen LogP contribution in [0.1, 0.15) is 43.5 Å². The van der Waals surface area contributed by atoms with Crippen molar-refractivity contribution >= 4 is 0 Å². The molecule has 0 bridgehead atoms. The van der Waals surface area contributed by atoms with Crippen LogP contribution in [0.25, 0.3) is 0 Å². The lowest BCUT2D eigenvalue weighted by atomic mass is 9.59. The summed E-state index contributed by atoms with van der Waals surface area (Å²) in [6.07, 6.45) is 9.14. The average Bonchev–Trinajstić information content (AvgIpc) is 2.47. The molecule has 3 rings (SSSR count). The number of nitrogens with one attached hydrogen (secondary N) is 1. The van der Waals surface area contributed by atoms with Crippen LogP contribution in [0, 0.1) is 0 Å². The molecule has 3 nitrogen and oxygen atoms in total. The molecule has 1 aliphatic rings. The van der Waals surface area contributed by atoms with E-state index in [0.717, 1.165) is 12.2 Å². The highest BCUT2D eigenvalue weighted by Gasteiger charge is 2.46. The normalized spacial score (nSPS) is 18.2. The minimum Gasteiger partial charge on any atom is -0.308 e. The highest BCUT2D eigenvalue weighted by Crippen LogP contribution is 2.51. The fourth-order valence-corrected chi connectivity index (χ4v) is 3.32. The summed E-state index contributed by atoms with van der Waals surface area (Å²) in [4.78, 5) is 8.80. The molecular weight excluding hydrogens is 246 g/mol. The van der Waals surface area contributed by atoms with Gasteiger partial charge in [-0.25, -0.2) is 0 Å². The van der Waals surface area contributed by atoms with Gasteiger partial charge in [0.15, 0.2) is 0 Å². The maximum absolute atomic E-state index is 4.55. The predicted molar refractivity (Wildman–Crippen MR) is 80.4 cm³/mol. The largest absolute Gasteiger partial charge is 0.308 e. The van der Waals surface area contributed by atoms with Crippen molar-refractivity contribution < 1.29 is 0 Å². The van der Waals surface area contributed by atoms with E-state index >= 15 is 0 Å². The van der Waals surface area contributed by atoms with Gasteiger partial charge in [0, 0.05) is 24.0 Å². The molecule has 0 spiro atoms.